The first-order valence-corrected chi connectivity index (χ1v) is 6.65. The molecule has 0 aromatic rings. The first-order chi connectivity index (χ1) is 8.19. The van der Waals surface area contributed by atoms with Gasteiger partial charge in [-0.25, -0.2) is 4.79 Å². The standard InChI is InChI=1S/C13H27N3O2/c1-9(17)10-5-11(15-8-13(2,3)4)7-16(6-10)12(14)18/h9-11,15,17H,5-8H2,1-4H3,(H2,14,18). The zero-order valence-corrected chi connectivity index (χ0v) is 11.9. The largest absolute Gasteiger partial charge is 0.393 e. The second kappa shape index (κ2) is 5.89. The Bertz CT molecular complexity index is 286. The van der Waals surface area contributed by atoms with E-state index in [0.717, 1.165) is 13.0 Å². The van der Waals surface area contributed by atoms with E-state index in [0.29, 0.717) is 13.1 Å². The summed E-state index contributed by atoms with van der Waals surface area (Å²) in [6.45, 7) is 10.4. The van der Waals surface area contributed by atoms with Crippen LogP contribution < -0.4 is 11.1 Å². The number of carbonyl (C=O) groups excluding carboxylic acids is 1. The molecule has 0 spiro atoms. The molecule has 0 radical (unpaired) electrons. The Morgan fingerprint density at radius 1 is 1.50 bits per heavy atom. The maximum absolute atomic E-state index is 11.3. The number of hydrogen-bond acceptors (Lipinski definition) is 3. The predicted octanol–water partition coefficient (Wildman–Crippen LogP) is 0.772. The lowest BCUT2D eigenvalue weighted by Crippen LogP contribution is -2.55. The van der Waals surface area contributed by atoms with Gasteiger partial charge < -0.3 is 21.1 Å². The van der Waals surface area contributed by atoms with E-state index in [1.807, 2.05) is 0 Å². The molecular weight excluding hydrogens is 230 g/mol. The molecule has 1 fully saturated rings. The highest BCUT2D eigenvalue weighted by Gasteiger charge is 2.31. The van der Waals surface area contributed by atoms with Gasteiger partial charge in [0.05, 0.1) is 6.10 Å². The number of urea groups is 1. The van der Waals surface area contributed by atoms with Crippen molar-refractivity contribution < 1.29 is 9.90 Å². The van der Waals surface area contributed by atoms with Crippen LogP contribution in [0, 0.1) is 11.3 Å². The smallest absolute Gasteiger partial charge is 0.314 e. The highest BCUT2D eigenvalue weighted by atomic mass is 16.3. The molecule has 0 aromatic heterocycles. The number of piperidine rings is 1. The average molecular weight is 257 g/mol. The highest BCUT2D eigenvalue weighted by Crippen LogP contribution is 2.21. The molecule has 2 amide bonds. The number of carbonyl (C=O) groups is 1. The summed E-state index contributed by atoms with van der Waals surface area (Å²) in [5.41, 5.74) is 5.56. The van der Waals surface area contributed by atoms with E-state index in [1.54, 1.807) is 11.8 Å². The van der Waals surface area contributed by atoms with Crippen LogP contribution in [0.1, 0.15) is 34.1 Å². The number of hydrogen-bond donors (Lipinski definition) is 3. The van der Waals surface area contributed by atoms with Crippen molar-refractivity contribution in [3.05, 3.63) is 0 Å². The number of aliphatic hydroxyl groups excluding tert-OH is 1. The van der Waals surface area contributed by atoms with Crippen molar-refractivity contribution >= 4 is 6.03 Å². The van der Waals surface area contributed by atoms with E-state index in [1.165, 1.54) is 0 Å². The Morgan fingerprint density at radius 3 is 2.56 bits per heavy atom. The van der Waals surface area contributed by atoms with Crippen LogP contribution in [0.4, 0.5) is 4.79 Å². The molecule has 3 atom stereocenters. The number of aliphatic hydroxyl groups is 1. The van der Waals surface area contributed by atoms with Gasteiger partial charge in [-0.1, -0.05) is 20.8 Å². The van der Waals surface area contributed by atoms with Crippen molar-refractivity contribution in [2.45, 2.75) is 46.3 Å². The minimum Gasteiger partial charge on any atom is -0.393 e. The van der Waals surface area contributed by atoms with Crippen LogP contribution in [-0.2, 0) is 0 Å². The molecule has 4 N–H and O–H groups in total. The quantitative estimate of drug-likeness (QED) is 0.699. The molecule has 1 aliphatic rings. The van der Waals surface area contributed by atoms with Crippen molar-refractivity contribution in [3.63, 3.8) is 0 Å². The van der Waals surface area contributed by atoms with Gasteiger partial charge in [0.25, 0.3) is 0 Å². The van der Waals surface area contributed by atoms with Gasteiger partial charge in [0, 0.05) is 31.6 Å². The molecule has 1 heterocycles. The minimum absolute atomic E-state index is 0.101. The molecule has 18 heavy (non-hydrogen) atoms. The van der Waals surface area contributed by atoms with Crippen LogP contribution in [0.5, 0.6) is 0 Å². The molecule has 0 aromatic carbocycles. The van der Waals surface area contributed by atoms with Crippen molar-refractivity contribution in [1.29, 1.82) is 0 Å². The van der Waals surface area contributed by atoms with Gasteiger partial charge in [0.15, 0.2) is 0 Å². The lowest BCUT2D eigenvalue weighted by atomic mass is 9.89. The fourth-order valence-corrected chi connectivity index (χ4v) is 2.27. The maximum atomic E-state index is 11.3. The van der Waals surface area contributed by atoms with Crippen molar-refractivity contribution in [2.75, 3.05) is 19.6 Å². The van der Waals surface area contributed by atoms with E-state index in [2.05, 4.69) is 26.1 Å². The molecule has 0 saturated carbocycles. The first-order valence-electron chi connectivity index (χ1n) is 6.65. The summed E-state index contributed by atoms with van der Waals surface area (Å²) in [6, 6.07) is -0.187. The fourth-order valence-electron chi connectivity index (χ4n) is 2.27. The number of primary amides is 1. The normalized spacial score (nSPS) is 27.1. The molecule has 5 heteroatoms. The lowest BCUT2D eigenvalue weighted by Gasteiger charge is -2.39. The maximum Gasteiger partial charge on any atom is 0.314 e. The number of nitrogens with one attached hydrogen (secondary N) is 1. The molecule has 1 saturated heterocycles. The third-order valence-electron chi connectivity index (χ3n) is 3.40. The second-order valence-corrected chi connectivity index (χ2v) is 6.62. The number of likely N-dealkylation sites (tertiary alicyclic amines) is 1. The zero-order chi connectivity index (χ0) is 13.9. The minimum atomic E-state index is -0.411. The predicted molar refractivity (Wildman–Crippen MR) is 72.2 cm³/mol. The summed E-state index contributed by atoms with van der Waals surface area (Å²) in [4.78, 5) is 12.9. The number of amides is 2. The Morgan fingerprint density at radius 2 is 2.11 bits per heavy atom. The number of rotatable bonds is 3. The summed E-state index contributed by atoms with van der Waals surface area (Å²) in [6.07, 6.45) is 0.475. The average Bonchev–Trinajstić information content (AvgIpc) is 2.25. The van der Waals surface area contributed by atoms with Gasteiger partial charge in [-0.3, -0.25) is 0 Å². The monoisotopic (exact) mass is 257 g/mol. The van der Waals surface area contributed by atoms with E-state index >= 15 is 0 Å². The van der Waals surface area contributed by atoms with Crippen LogP contribution in [-0.4, -0.2) is 47.8 Å². The molecule has 0 aliphatic carbocycles. The van der Waals surface area contributed by atoms with Crippen LogP contribution in [0.2, 0.25) is 0 Å². The molecule has 1 rings (SSSR count). The van der Waals surface area contributed by atoms with E-state index in [-0.39, 0.29) is 17.4 Å². The molecule has 5 nitrogen and oxygen atoms in total. The van der Waals surface area contributed by atoms with Crippen molar-refractivity contribution in [3.8, 4) is 0 Å². The molecule has 3 unspecified atom stereocenters. The lowest BCUT2D eigenvalue weighted by molar-refractivity contribution is 0.0608. The fraction of sp³-hybridized carbons (Fsp3) is 0.923. The summed E-state index contributed by atoms with van der Waals surface area (Å²) >= 11 is 0. The molecule has 1 aliphatic heterocycles. The zero-order valence-electron chi connectivity index (χ0n) is 11.9. The van der Waals surface area contributed by atoms with Crippen LogP contribution in [0.25, 0.3) is 0 Å². The molecule has 106 valence electrons. The van der Waals surface area contributed by atoms with E-state index < -0.39 is 12.1 Å². The number of nitrogens with two attached hydrogens (primary N) is 1. The van der Waals surface area contributed by atoms with Gasteiger partial charge in [-0.2, -0.15) is 0 Å². The van der Waals surface area contributed by atoms with Gasteiger partial charge in [0.1, 0.15) is 0 Å². The second-order valence-electron chi connectivity index (χ2n) is 6.62. The summed E-state index contributed by atoms with van der Waals surface area (Å²) in [5.74, 6) is 0.101. The Balaban J connectivity index is 2.59. The van der Waals surface area contributed by atoms with E-state index in [4.69, 9.17) is 5.73 Å². The Hall–Kier alpha value is -0.810. The first kappa shape index (κ1) is 15.2. The molecule has 0 bridgehead atoms. The highest BCUT2D eigenvalue weighted by molar-refractivity contribution is 5.72. The van der Waals surface area contributed by atoms with Crippen molar-refractivity contribution in [1.82, 2.24) is 10.2 Å². The SMILES string of the molecule is CC(O)C1CC(NCC(C)(C)C)CN(C(N)=O)C1. The van der Waals surface area contributed by atoms with Gasteiger partial charge >= 0.3 is 6.03 Å². The Labute approximate surface area is 110 Å². The van der Waals surface area contributed by atoms with Gasteiger partial charge in [0.2, 0.25) is 0 Å². The van der Waals surface area contributed by atoms with Crippen LogP contribution in [0.15, 0.2) is 0 Å². The van der Waals surface area contributed by atoms with Crippen LogP contribution >= 0.6 is 0 Å². The number of nitrogens with zero attached hydrogens (tertiary/aromatic N) is 1. The Kier molecular flexibility index (Phi) is 4.99. The van der Waals surface area contributed by atoms with Crippen molar-refractivity contribution in [2.24, 2.45) is 17.1 Å². The third kappa shape index (κ3) is 4.82. The van der Waals surface area contributed by atoms with Gasteiger partial charge in [-0.05, 0) is 18.8 Å². The van der Waals surface area contributed by atoms with Gasteiger partial charge in [-0.15, -0.1) is 0 Å². The van der Waals surface area contributed by atoms with E-state index in [9.17, 15) is 9.90 Å². The summed E-state index contributed by atoms with van der Waals surface area (Å²) in [7, 11) is 0. The summed E-state index contributed by atoms with van der Waals surface area (Å²) in [5, 5.41) is 13.2. The summed E-state index contributed by atoms with van der Waals surface area (Å²) < 4.78 is 0. The molecular formula is C13H27N3O2. The third-order valence-corrected chi connectivity index (χ3v) is 3.40. The topological polar surface area (TPSA) is 78.6 Å². The van der Waals surface area contributed by atoms with Crippen LogP contribution in [0.3, 0.4) is 0 Å².